The Morgan fingerprint density at radius 2 is 2.20 bits per heavy atom. The van der Waals surface area contributed by atoms with Crippen molar-refractivity contribution in [3.8, 4) is 0 Å². The molecule has 15 heavy (non-hydrogen) atoms. The minimum Gasteiger partial charge on any atom is -0.355 e. The third-order valence-electron chi connectivity index (χ3n) is 2.82. The van der Waals surface area contributed by atoms with Gasteiger partial charge in [0.1, 0.15) is 11.0 Å². The maximum absolute atomic E-state index is 5.83. The van der Waals surface area contributed by atoms with Crippen molar-refractivity contribution in [3.05, 3.63) is 17.5 Å². The first kappa shape index (κ1) is 10.7. The van der Waals surface area contributed by atoms with Crippen LogP contribution in [0.1, 0.15) is 26.7 Å². The fourth-order valence-corrected chi connectivity index (χ4v) is 2.25. The van der Waals surface area contributed by atoms with Crippen LogP contribution in [0.2, 0.25) is 5.15 Å². The number of halogens is 1. The molecule has 0 aliphatic carbocycles. The minimum absolute atomic E-state index is 0.363. The van der Waals surface area contributed by atoms with Crippen LogP contribution >= 0.6 is 11.6 Å². The van der Waals surface area contributed by atoms with Crippen LogP contribution in [-0.4, -0.2) is 23.1 Å². The lowest BCUT2D eigenvalue weighted by atomic mass is 9.84. The largest absolute Gasteiger partial charge is 0.355 e. The summed E-state index contributed by atoms with van der Waals surface area (Å²) < 4.78 is 0. The van der Waals surface area contributed by atoms with E-state index in [1.54, 1.807) is 12.4 Å². The molecule has 1 fully saturated rings. The Hall–Kier alpha value is -0.830. The van der Waals surface area contributed by atoms with Crippen LogP contribution in [0.4, 0.5) is 5.82 Å². The standard InChI is InChI=1S/C11H16ClN3/c1-11(2)4-3-5-15(8-11)10-7-13-6-9(12)14-10/h6-7H,3-5,8H2,1-2H3. The first-order valence-electron chi connectivity index (χ1n) is 5.29. The molecule has 0 atom stereocenters. The van der Waals surface area contributed by atoms with E-state index in [2.05, 4.69) is 28.7 Å². The zero-order valence-corrected chi connectivity index (χ0v) is 9.96. The minimum atomic E-state index is 0.363. The van der Waals surface area contributed by atoms with E-state index >= 15 is 0 Å². The van der Waals surface area contributed by atoms with Crippen LogP contribution in [0.15, 0.2) is 12.4 Å². The van der Waals surface area contributed by atoms with E-state index in [4.69, 9.17) is 11.6 Å². The molecule has 4 heteroatoms. The molecule has 0 radical (unpaired) electrons. The van der Waals surface area contributed by atoms with E-state index in [9.17, 15) is 0 Å². The highest BCUT2D eigenvalue weighted by Gasteiger charge is 2.27. The number of rotatable bonds is 1. The number of aromatic nitrogens is 2. The number of anilines is 1. The van der Waals surface area contributed by atoms with Gasteiger partial charge in [-0.25, -0.2) is 4.98 Å². The maximum Gasteiger partial charge on any atom is 0.149 e. The molecular weight excluding hydrogens is 210 g/mol. The van der Waals surface area contributed by atoms with E-state index in [1.165, 1.54) is 12.8 Å². The van der Waals surface area contributed by atoms with Gasteiger partial charge < -0.3 is 4.90 Å². The van der Waals surface area contributed by atoms with Crippen LogP contribution in [0.25, 0.3) is 0 Å². The van der Waals surface area contributed by atoms with E-state index < -0.39 is 0 Å². The van der Waals surface area contributed by atoms with E-state index in [1.807, 2.05) is 0 Å². The van der Waals surface area contributed by atoms with Gasteiger partial charge in [-0.3, -0.25) is 4.98 Å². The number of hydrogen-bond donors (Lipinski definition) is 0. The van der Waals surface area contributed by atoms with Gasteiger partial charge in [0.15, 0.2) is 0 Å². The van der Waals surface area contributed by atoms with Crippen LogP contribution in [0.3, 0.4) is 0 Å². The Balaban J connectivity index is 2.17. The summed E-state index contributed by atoms with van der Waals surface area (Å²) in [4.78, 5) is 10.6. The molecule has 0 unspecified atom stereocenters. The summed E-state index contributed by atoms with van der Waals surface area (Å²) in [5.41, 5.74) is 0.363. The van der Waals surface area contributed by atoms with Crippen molar-refractivity contribution in [1.82, 2.24) is 9.97 Å². The van der Waals surface area contributed by atoms with Gasteiger partial charge >= 0.3 is 0 Å². The number of hydrogen-bond acceptors (Lipinski definition) is 3. The second-order valence-corrected chi connectivity index (χ2v) is 5.28. The van der Waals surface area contributed by atoms with Gasteiger partial charge in [0.05, 0.1) is 12.4 Å². The van der Waals surface area contributed by atoms with Crippen molar-refractivity contribution in [2.24, 2.45) is 5.41 Å². The molecule has 0 amide bonds. The second-order valence-electron chi connectivity index (χ2n) is 4.89. The van der Waals surface area contributed by atoms with Crippen LogP contribution in [-0.2, 0) is 0 Å². The van der Waals surface area contributed by atoms with Crippen LogP contribution in [0, 0.1) is 5.41 Å². The second kappa shape index (κ2) is 3.97. The Kier molecular flexibility index (Phi) is 2.83. The molecule has 82 valence electrons. The molecule has 0 bridgehead atoms. The predicted molar refractivity (Wildman–Crippen MR) is 62.3 cm³/mol. The lowest BCUT2D eigenvalue weighted by molar-refractivity contribution is 0.292. The Morgan fingerprint density at radius 3 is 2.87 bits per heavy atom. The molecule has 0 N–H and O–H groups in total. The van der Waals surface area contributed by atoms with Crippen LogP contribution in [0.5, 0.6) is 0 Å². The summed E-state index contributed by atoms with van der Waals surface area (Å²) in [7, 11) is 0. The monoisotopic (exact) mass is 225 g/mol. The van der Waals surface area contributed by atoms with Gasteiger partial charge in [-0.2, -0.15) is 0 Å². The average Bonchev–Trinajstić information content (AvgIpc) is 2.16. The zero-order valence-electron chi connectivity index (χ0n) is 9.20. The highest BCUT2D eigenvalue weighted by atomic mass is 35.5. The lowest BCUT2D eigenvalue weighted by Crippen LogP contribution is -2.40. The first-order chi connectivity index (χ1) is 7.07. The average molecular weight is 226 g/mol. The fraction of sp³-hybridized carbons (Fsp3) is 0.636. The normalized spacial score (nSPS) is 20.3. The van der Waals surface area contributed by atoms with E-state index in [0.29, 0.717) is 10.6 Å². The molecule has 1 aliphatic heterocycles. The molecule has 0 aromatic carbocycles. The molecule has 1 saturated heterocycles. The van der Waals surface area contributed by atoms with Crippen molar-refractivity contribution in [2.45, 2.75) is 26.7 Å². The summed E-state index contributed by atoms with van der Waals surface area (Å²) in [6, 6.07) is 0. The van der Waals surface area contributed by atoms with Crippen LogP contribution < -0.4 is 4.90 Å². The lowest BCUT2D eigenvalue weighted by Gasteiger charge is -2.38. The Labute approximate surface area is 95.5 Å². The smallest absolute Gasteiger partial charge is 0.149 e. The molecular formula is C11H16ClN3. The highest BCUT2D eigenvalue weighted by molar-refractivity contribution is 6.29. The third-order valence-corrected chi connectivity index (χ3v) is 3.00. The van der Waals surface area contributed by atoms with Gasteiger partial charge in [-0.1, -0.05) is 25.4 Å². The SMILES string of the molecule is CC1(C)CCCN(c2cncc(Cl)n2)C1. The van der Waals surface area contributed by atoms with Gasteiger partial charge in [0.2, 0.25) is 0 Å². The third kappa shape index (κ3) is 2.59. The van der Waals surface area contributed by atoms with Gasteiger partial charge in [0, 0.05) is 13.1 Å². The maximum atomic E-state index is 5.83. The van der Waals surface area contributed by atoms with Gasteiger partial charge in [-0.15, -0.1) is 0 Å². The summed E-state index contributed by atoms with van der Waals surface area (Å²) in [5.74, 6) is 0.898. The Morgan fingerprint density at radius 1 is 1.40 bits per heavy atom. The summed E-state index contributed by atoms with van der Waals surface area (Å²) in [6.07, 6.45) is 5.84. The first-order valence-corrected chi connectivity index (χ1v) is 5.67. The topological polar surface area (TPSA) is 29.0 Å². The highest BCUT2D eigenvalue weighted by Crippen LogP contribution is 2.30. The van der Waals surface area contributed by atoms with Gasteiger partial charge in [0.25, 0.3) is 0 Å². The van der Waals surface area contributed by atoms with E-state index in [0.717, 1.165) is 18.9 Å². The molecule has 1 aromatic rings. The molecule has 2 rings (SSSR count). The van der Waals surface area contributed by atoms with Crippen molar-refractivity contribution in [3.63, 3.8) is 0 Å². The van der Waals surface area contributed by atoms with Crippen molar-refractivity contribution in [1.29, 1.82) is 0 Å². The van der Waals surface area contributed by atoms with Crippen molar-refractivity contribution >= 4 is 17.4 Å². The van der Waals surface area contributed by atoms with Crippen molar-refractivity contribution in [2.75, 3.05) is 18.0 Å². The molecule has 1 aliphatic rings. The Bertz CT molecular complexity index is 351. The van der Waals surface area contributed by atoms with E-state index in [-0.39, 0.29) is 0 Å². The quantitative estimate of drug-likeness (QED) is 0.736. The zero-order chi connectivity index (χ0) is 10.9. The summed E-state index contributed by atoms with van der Waals surface area (Å²) in [5, 5.41) is 0.468. The molecule has 3 nitrogen and oxygen atoms in total. The number of piperidine rings is 1. The summed E-state index contributed by atoms with van der Waals surface area (Å²) in [6.45, 7) is 6.66. The molecule has 0 saturated carbocycles. The molecule has 2 heterocycles. The predicted octanol–water partition coefficient (Wildman–Crippen LogP) is 2.76. The summed E-state index contributed by atoms with van der Waals surface area (Å²) >= 11 is 5.83. The fourth-order valence-electron chi connectivity index (χ4n) is 2.10. The molecule has 0 spiro atoms. The molecule has 1 aromatic heterocycles. The van der Waals surface area contributed by atoms with Crippen molar-refractivity contribution < 1.29 is 0 Å². The van der Waals surface area contributed by atoms with Gasteiger partial charge in [-0.05, 0) is 18.3 Å². The number of nitrogens with zero attached hydrogens (tertiary/aromatic N) is 3.